The minimum atomic E-state index is -4.66. The Morgan fingerprint density at radius 2 is 1.65 bits per heavy atom. The first kappa shape index (κ1) is 28.9. The normalized spacial score (nSPS) is 12.4. The van der Waals surface area contributed by atoms with Crippen molar-refractivity contribution in [2.24, 2.45) is 0 Å². The summed E-state index contributed by atoms with van der Waals surface area (Å²) in [6, 6.07) is 13.4. The lowest BCUT2D eigenvalue weighted by molar-refractivity contribution is -0.142. The molecule has 1 N–H and O–H groups in total. The summed E-state index contributed by atoms with van der Waals surface area (Å²) in [6.07, 6.45) is -2.75. The van der Waals surface area contributed by atoms with Gasteiger partial charge in [0.2, 0.25) is 5.91 Å². The number of nitrogens with zero attached hydrogens (tertiary/aromatic N) is 3. The summed E-state index contributed by atoms with van der Waals surface area (Å²) in [4.78, 5) is 17.9. The van der Waals surface area contributed by atoms with Crippen LogP contribution in [0.4, 0.5) is 22.0 Å². The third-order valence-corrected chi connectivity index (χ3v) is 6.72. The van der Waals surface area contributed by atoms with Crippen LogP contribution in [-0.4, -0.2) is 20.7 Å². The fourth-order valence-electron chi connectivity index (χ4n) is 5.01. The molecular weight excluding hydrogens is 527 g/mol. The quantitative estimate of drug-likeness (QED) is 0.231. The number of aromatic nitrogens is 3. The fraction of sp³-hybridized carbons (Fsp3) is 0.300. The zero-order valence-electron chi connectivity index (χ0n) is 22.3. The molecule has 1 unspecified atom stereocenters. The molecule has 0 bridgehead atoms. The lowest BCUT2D eigenvalue weighted by atomic mass is 9.93. The lowest BCUT2D eigenvalue weighted by Crippen LogP contribution is -2.34. The number of pyridine rings is 1. The number of nitrogens with one attached hydrogen (secondary N) is 1. The largest absolute Gasteiger partial charge is 0.435 e. The van der Waals surface area contributed by atoms with E-state index >= 15 is 0 Å². The molecule has 10 heteroatoms. The fourth-order valence-corrected chi connectivity index (χ4v) is 5.01. The van der Waals surface area contributed by atoms with Crippen LogP contribution in [0.1, 0.15) is 53.7 Å². The highest BCUT2D eigenvalue weighted by molar-refractivity contribution is 5.77. The molecule has 2 heterocycles. The van der Waals surface area contributed by atoms with Crippen molar-refractivity contribution in [1.82, 2.24) is 20.1 Å². The van der Waals surface area contributed by atoms with Crippen molar-refractivity contribution in [2.75, 3.05) is 0 Å². The molecule has 0 spiro atoms. The number of carbonyl (C=O) groups excluding carboxylic acids is 1. The standard InChI is InChI=1S/C30H29F5N4O/c1-4-22-26(5-2)39(38-29(22)30(33,34)35)17-27(40)37-25(15-19-13-20(31)16-21(32)14-19)28-24(11-8-12-36-28)23-10-7-6-9-18(23)3/h6-14,16,25H,4-5,15,17H2,1-3H3,(H,37,40). The third kappa shape index (κ3) is 6.38. The molecule has 1 amide bonds. The maximum absolute atomic E-state index is 14.0. The van der Waals surface area contributed by atoms with Crippen LogP contribution >= 0.6 is 0 Å². The van der Waals surface area contributed by atoms with E-state index in [0.717, 1.165) is 21.9 Å². The number of amides is 1. The van der Waals surface area contributed by atoms with Crippen molar-refractivity contribution < 1.29 is 26.7 Å². The lowest BCUT2D eigenvalue weighted by Gasteiger charge is -2.22. The van der Waals surface area contributed by atoms with Gasteiger partial charge in [-0.3, -0.25) is 14.5 Å². The SMILES string of the molecule is CCc1c(C(F)(F)F)nn(CC(=O)NC(Cc2cc(F)cc(F)c2)c2ncccc2-c2ccccc2C)c1CC. The highest BCUT2D eigenvalue weighted by Gasteiger charge is 2.38. The average Bonchev–Trinajstić information content (AvgIpc) is 3.25. The van der Waals surface area contributed by atoms with Gasteiger partial charge in [0.05, 0.1) is 11.7 Å². The van der Waals surface area contributed by atoms with Gasteiger partial charge >= 0.3 is 6.18 Å². The number of halogens is 5. The van der Waals surface area contributed by atoms with Gasteiger partial charge in [-0.2, -0.15) is 18.3 Å². The minimum absolute atomic E-state index is 0.00985. The Balaban J connectivity index is 1.73. The molecule has 0 fully saturated rings. The second kappa shape index (κ2) is 12.0. The van der Waals surface area contributed by atoms with Crippen LogP contribution in [0.15, 0.2) is 60.8 Å². The molecule has 2 aromatic carbocycles. The Labute approximate surface area is 229 Å². The second-order valence-electron chi connectivity index (χ2n) is 9.49. The van der Waals surface area contributed by atoms with Crippen molar-refractivity contribution >= 4 is 5.91 Å². The molecule has 2 aromatic heterocycles. The zero-order valence-corrected chi connectivity index (χ0v) is 22.3. The predicted octanol–water partition coefficient (Wildman–Crippen LogP) is 6.78. The average molecular weight is 557 g/mol. The van der Waals surface area contributed by atoms with Gasteiger partial charge < -0.3 is 5.32 Å². The molecule has 40 heavy (non-hydrogen) atoms. The molecule has 0 saturated carbocycles. The molecule has 5 nitrogen and oxygen atoms in total. The van der Waals surface area contributed by atoms with Gasteiger partial charge in [0.15, 0.2) is 5.69 Å². The Morgan fingerprint density at radius 1 is 0.975 bits per heavy atom. The van der Waals surface area contributed by atoms with Crippen molar-refractivity contribution in [1.29, 1.82) is 0 Å². The molecule has 0 radical (unpaired) electrons. The number of alkyl halides is 3. The van der Waals surface area contributed by atoms with Gasteiger partial charge in [-0.25, -0.2) is 8.78 Å². The van der Waals surface area contributed by atoms with Gasteiger partial charge in [-0.1, -0.05) is 44.2 Å². The Bertz CT molecular complexity index is 1490. The van der Waals surface area contributed by atoms with Crippen molar-refractivity contribution in [3.8, 4) is 11.1 Å². The first-order valence-electron chi connectivity index (χ1n) is 12.9. The first-order chi connectivity index (χ1) is 19.0. The van der Waals surface area contributed by atoms with Gasteiger partial charge in [-0.15, -0.1) is 0 Å². The van der Waals surface area contributed by atoms with Gasteiger partial charge in [0.25, 0.3) is 0 Å². The smallest absolute Gasteiger partial charge is 0.346 e. The van der Waals surface area contributed by atoms with E-state index in [4.69, 9.17) is 0 Å². The summed E-state index contributed by atoms with van der Waals surface area (Å²) in [7, 11) is 0. The Kier molecular flexibility index (Phi) is 8.66. The first-order valence-corrected chi connectivity index (χ1v) is 12.9. The summed E-state index contributed by atoms with van der Waals surface area (Å²) in [5.74, 6) is -2.15. The Hall–Kier alpha value is -4.08. The highest BCUT2D eigenvalue weighted by Crippen LogP contribution is 2.34. The maximum atomic E-state index is 14.0. The van der Waals surface area contributed by atoms with E-state index in [9.17, 15) is 26.7 Å². The Morgan fingerprint density at radius 3 is 2.27 bits per heavy atom. The number of hydrogen-bond donors (Lipinski definition) is 1. The number of hydrogen-bond acceptors (Lipinski definition) is 3. The molecule has 0 aliphatic carbocycles. The van der Waals surface area contributed by atoms with Crippen molar-refractivity contribution in [2.45, 2.75) is 58.8 Å². The van der Waals surface area contributed by atoms with E-state index in [1.807, 2.05) is 37.3 Å². The van der Waals surface area contributed by atoms with Crippen LogP contribution in [0.25, 0.3) is 11.1 Å². The van der Waals surface area contributed by atoms with Crippen molar-refractivity contribution in [3.63, 3.8) is 0 Å². The van der Waals surface area contributed by atoms with Crippen LogP contribution in [0.5, 0.6) is 0 Å². The second-order valence-corrected chi connectivity index (χ2v) is 9.49. The number of aryl methyl sites for hydroxylation is 1. The van der Waals surface area contributed by atoms with Crippen LogP contribution < -0.4 is 5.32 Å². The van der Waals surface area contributed by atoms with Crippen LogP contribution in [0.2, 0.25) is 0 Å². The highest BCUT2D eigenvalue weighted by atomic mass is 19.4. The van der Waals surface area contributed by atoms with Crippen molar-refractivity contribution in [3.05, 3.63) is 106 Å². The summed E-state index contributed by atoms with van der Waals surface area (Å²) in [6.45, 7) is 4.77. The van der Waals surface area contributed by atoms with E-state index in [1.165, 1.54) is 12.1 Å². The summed E-state index contributed by atoms with van der Waals surface area (Å²) >= 11 is 0. The molecular formula is C30H29F5N4O. The van der Waals surface area contributed by atoms with Gasteiger partial charge in [0, 0.05) is 29.1 Å². The number of carbonyl (C=O) groups is 1. The van der Waals surface area contributed by atoms with E-state index in [2.05, 4.69) is 15.4 Å². The van der Waals surface area contributed by atoms with Crippen LogP contribution in [0.3, 0.4) is 0 Å². The van der Waals surface area contributed by atoms with E-state index in [-0.39, 0.29) is 30.4 Å². The van der Waals surface area contributed by atoms with E-state index in [1.54, 1.807) is 26.1 Å². The van der Waals surface area contributed by atoms with Crippen LogP contribution in [0, 0.1) is 18.6 Å². The molecule has 4 aromatic rings. The topological polar surface area (TPSA) is 59.8 Å². The minimum Gasteiger partial charge on any atom is -0.346 e. The summed E-state index contributed by atoms with van der Waals surface area (Å²) in [5, 5.41) is 6.59. The maximum Gasteiger partial charge on any atom is 0.435 e. The third-order valence-electron chi connectivity index (χ3n) is 6.72. The van der Waals surface area contributed by atoms with E-state index < -0.39 is 42.0 Å². The summed E-state index contributed by atoms with van der Waals surface area (Å²) in [5.41, 5.74) is 2.64. The number of rotatable bonds is 9. The summed E-state index contributed by atoms with van der Waals surface area (Å²) < 4.78 is 70.1. The van der Waals surface area contributed by atoms with Gasteiger partial charge in [0.1, 0.15) is 18.2 Å². The zero-order chi connectivity index (χ0) is 29.0. The molecule has 4 rings (SSSR count). The molecule has 0 saturated heterocycles. The van der Waals surface area contributed by atoms with Gasteiger partial charge in [-0.05, 0) is 61.1 Å². The molecule has 0 aliphatic heterocycles. The predicted molar refractivity (Wildman–Crippen MR) is 141 cm³/mol. The van der Waals surface area contributed by atoms with Crippen LogP contribution in [-0.2, 0) is 36.8 Å². The molecule has 210 valence electrons. The monoisotopic (exact) mass is 556 g/mol. The van der Waals surface area contributed by atoms with E-state index in [0.29, 0.717) is 17.0 Å². The molecule has 0 aliphatic rings. The number of benzene rings is 2. The molecule has 1 atom stereocenters.